The number of aromatic nitrogens is 2. The highest BCUT2D eigenvalue weighted by atomic mass is 35.7. The van der Waals surface area contributed by atoms with Gasteiger partial charge in [-0.2, -0.15) is 21.8 Å². The van der Waals surface area contributed by atoms with E-state index in [4.69, 9.17) is 9.47 Å². The molecule has 1 aliphatic heterocycles. The van der Waals surface area contributed by atoms with Crippen molar-refractivity contribution in [2.24, 2.45) is 0 Å². The maximum Gasteiger partial charge on any atom is 0.351 e. The molecule has 5 rings (SSSR count). The Hall–Kier alpha value is -4.09. The summed E-state index contributed by atoms with van der Waals surface area (Å²) in [5.41, 5.74) is -7.60. The van der Waals surface area contributed by atoms with E-state index in [1.165, 1.54) is 0 Å². The number of halogens is 1. The lowest BCUT2D eigenvalue weighted by Gasteiger charge is -2.41. The molecule has 4 atom stereocenters. The molecule has 1 saturated heterocycles. The van der Waals surface area contributed by atoms with Crippen molar-refractivity contribution in [1.82, 2.24) is 9.55 Å². The SMILES string of the molecule is CC(=O)Nc1ccn([C@@H]2O[C@H](COC(c3ccccc3)(c3ccccc3)c3ccccc3)[C@](O)(CS(=O)(=O)O)[C@]2(O)CS(=O)(=O)O)c(=O)n1.CS(=O)(=O)Cl. The Kier molecular flexibility index (Phi) is 12.9. The van der Waals surface area contributed by atoms with Crippen molar-refractivity contribution in [3.63, 3.8) is 0 Å². The summed E-state index contributed by atoms with van der Waals surface area (Å²) < 4.78 is 101. The third-order valence-corrected chi connectivity index (χ3v) is 9.78. The first kappa shape index (κ1) is 42.6. The zero-order chi connectivity index (χ0) is 40.2. The third-order valence-electron chi connectivity index (χ3n) is 8.17. The Morgan fingerprint density at radius 1 is 0.833 bits per heavy atom. The molecular formula is C33H36ClN3O14S3. The van der Waals surface area contributed by atoms with Crippen molar-refractivity contribution in [3.8, 4) is 0 Å². The number of nitrogens with one attached hydrogen (secondary N) is 1. The third kappa shape index (κ3) is 10.2. The maximum atomic E-state index is 13.2. The van der Waals surface area contributed by atoms with Crippen LogP contribution in [0.2, 0.25) is 0 Å². The summed E-state index contributed by atoms with van der Waals surface area (Å²) in [7, 11) is -9.20. The fraction of sp³-hybridized carbons (Fsp3) is 0.303. The molecule has 1 aromatic heterocycles. The summed E-state index contributed by atoms with van der Waals surface area (Å²) >= 11 is 0. The number of carbonyl (C=O) groups excluding carboxylic acids is 1. The summed E-state index contributed by atoms with van der Waals surface area (Å²) in [5, 5.41) is 26.4. The van der Waals surface area contributed by atoms with Crippen molar-refractivity contribution in [3.05, 3.63) is 130 Å². The largest absolute Gasteiger partial charge is 0.383 e. The second-order valence-electron chi connectivity index (χ2n) is 12.2. The van der Waals surface area contributed by atoms with Crippen molar-refractivity contribution < 1.29 is 58.8 Å². The van der Waals surface area contributed by atoms with Gasteiger partial charge in [-0.15, -0.1) is 0 Å². The van der Waals surface area contributed by atoms with E-state index < -0.39 is 88.1 Å². The van der Waals surface area contributed by atoms with Crippen LogP contribution < -0.4 is 11.0 Å². The molecule has 1 fully saturated rings. The van der Waals surface area contributed by atoms with Crippen molar-refractivity contribution >= 4 is 51.7 Å². The highest BCUT2D eigenvalue weighted by molar-refractivity contribution is 8.13. The first-order valence-corrected chi connectivity index (χ1v) is 21.5. The average molecular weight is 830 g/mol. The monoisotopic (exact) mass is 829 g/mol. The molecule has 0 unspecified atom stereocenters. The zero-order valence-corrected chi connectivity index (χ0v) is 31.7. The van der Waals surface area contributed by atoms with Gasteiger partial charge in [0.1, 0.15) is 34.6 Å². The number of aliphatic hydroxyl groups is 2. The van der Waals surface area contributed by atoms with Gasteiger partial charge >= 0.3 is 5.69 Å². The molecule has 54 heavy (non-hydrogen) atoms. The summed E-state index contributed by atoms with van der Waals surface area (Å²) in [4.78, 5) is 28.3. The first-order valence-electron chi connectivity index (χ1n) is 15.6. The number of hydrogen-bond donors (Lipinski definition) is 5. The molecule has 292 valence electrons. The number of benzene rings is 3. The van der Waals surface area contributed by atoms with E-state index >= 15 is 0 Å². The van der Waals surface area contributed by atoms with Crippen LogP contribution in [0.1, 0.15) is 29.8 Å². The van der Waals surface area contributed by atoms with Gasteiger partial charge in [0.15, 0.2) is 11.8 Å². The van der Waals surface area contributed by atoms with Crippen molar-refractivity contribution in [2.45, 2.75) is 36.1 Å². The normalized spacial score (nSPS) is 21.8. The number of hydrogen-bond acceptors (Lipinski definition) is 13. The predicted octanol–water partition coefficient (Wildman–Crippen LogP) is 1.53. The molecule has 21 heteroatoms. The second kappa shape index (κ2) is 16.3. The number of amides is 1. The van der Waals surface area contributed by atoms with E-state index in [9.17, 15) is 54.2 Å². The lowest BCUT2D eigenvalue weighted by Crippen LogP contribution is -2.65. The van der Waals surface area contributed by atoms with E-state index in [0.29, 0.717) is 21.3 Å². The molecule has 2 heterocycles. The molecule has 4 aromatic rings. The van der Waals surface area contributed by atoms with Gasteiger partial charge in [-0.1, -0.05) is 91.0 Å². The summed E-state index contributed by atoms with van der Waals surface area (Å²) in [6, 6.07) is 27.5. The van der Waals surface area contributed by atoms with Gasteiger partial charge in [0.2, 0.25) is 15.0 Å². The van der Waals surface area contributed by atoms with Crippen LogP contribution in [0.15, 0.2) is 108 Å². The van der Waals surface area contributed by atoms with Crippen LogP contribution in [-0.4, -0.2) is 102 Å². The minimum absolute atomic E-state index is 0.225. The Bertz CT molecular complexity index is 2230. The van der Waals surface area contributed by atoms with Gasteiger partial charge in [0, 0.05) is 23.8 Å². The maximum absolute atomic E-state index is 13.2. The number of rotatable bonds is 12. The summed E-state index contributed by atoms with van der Waals surface area (Å²) in [6.45, 7) is 0.361. The first-order chi connectivity index (χ1) is 25.0. The molecule has 0 bridgehead atoms. The van der Waals surface area contributed by atoms with Gasteiger partial charge in [0.25, 0.3) is 20.2 Å². The van der Waals surface area contributed by atoms with E-state index in [1.807, 2.05) is 0 Å². The van der Waals surface area contributed by atoms with E-state index in [-0.39, 0.29) is 5.82 Å². The average Bonchev–Trinajstić information content (AvgIpc) is 3.24. The fourth-order valence-corrected chi connectivity index (χ4v) is 8.07. The molecule has 1 aliphatic rings. The Labute approximate surface area is 315 Å². The van der Waals surface area contributed by atoms with E-state index in [0.717, 1.165) is 25.4 Å². The van der Waals surface area contributed by atoms with Crippen LogP contribution in [0.3, 0.4) is 0 Å². The van der Waals surface area contributed by atoms with Gasteiger partial charge in [0.05, 0.1) is 12.9 Å². The smallest absolute Gasteiger partial charge is 0.351 e. The quantitative estimate of drug-likeness (QED) is 0.0770. The van der Waals surface area contributed by atoms with Crippen molar-refractivity contribution in [1.29, 1.82) is 0 Å². The van der Waals surface area contributed by atoms with E-state index in [2.05, 4.69) is 21.0 Å². The number of ether oxygens (including phenoxy) is 2. The molecule has 1 amide bonds. The summed E-state index contributed by atoms with van der Waals surface area (Å²) in [5.74, 6) is -4.27. The molecule has 5 N–H and O–H groups in total. The lowest BCUT2D eigenvalue weighted by atomic mass is 9.79. The molecule has 17 nitrogen and oxygen atoms in total. The predicted molar refractivity (Wildman–Crippen MR) is 195 cm³/mol. The Morgan fingerprint density at radius 3 is 1.61 bits per heavy atom. The lowest BCUT2D eigenvalue weighted by molar-refractivity contribution is -0.138. The number of anilines is 1. The van der Waals surface area contributed by atoms with Crippen molar-refractivity contribution in [2.75, 3.05) is 29.7 Å². The minimum Gasteiger partial charge on any atom is -0.383 e. The van der Waals surface area contributed by atoms with Gasteiger partial charge in [-0.25, -0.2) is 13.2 Å². The van der Waals surface area contributed by atoms with Crippen LogP contribution in [0.4, 0.5) is 5.82 Å². The topological polar surface area (TPSA) is 266 Å². The van der Waals surface area contributed by atoms with Gasteiger partial charge < -0.3 is 25.0 Å². The number of nitrogens with zero attached hydrogens (tertiary/aromatic N) is 2. The second-order valence-corrected chi connectivity index (χ2v) is 18.2. The van der Waals surface area contributed by atoms with Crippen LogP contribution in [0, 0.1) is 0 Å². The highest BCUT2D eigenvalue weighted by Gasteiger charge is 2.69. The fourth-order valence-electron chi connectivity index (χ4n) is 6.13. The Morgan fingerprint density at radius 2 is 1.24 bits per heavy atom. The minimum atomic E-state index is -5.27. The zero-order valence-electron chi connectivity index (χ0n) is 28.5. The van der Waals surface area contributed by atoms with Crippen LogP contribution in [0.5, 0.6) is 0 Å². The van der Waals surface area contributed by atoms with Crippen LogP contribution in [0.25, 0.3) is 0 Å². The van der Waals surface area contributed by atoms with Gasteiger partial charge in [-0.05, 0) is 22.8 Å². The summed E-state index contributed by atoms with van der Waals surface area (Å²) in [6.07, 6.45) is -2.36. The standard InChI is InChI=1S/C32H33N3O12S2.CH3ClO2S/c1-22(36)33-27-17-18-35(29(37)34-27)28-31(39,21-49(43,44)45)30(38,20-48(40,41)42)26(47-28)19-46-32(23-11-5-2-6-12-23,24-13-7-3-8-14-24)25-15-9-4-10-16-25;1-5(2,3)4/h2-18,26,28,38-39H,19-21H2,1H3,(H,40,41,42)(H,43,44,45)(H,33,34,36,37);1H3/t26-,28-,30-,31+;/m1./s1. The molecule has 0 saturated carbocycles. The van der Waals surface area contributed by atoms with Crippen LogP contribution in [-0.2, 0) is 49.2 Å². The van der Waals surface area contributed by atoms with Gasteiger partial charge in [-0.3, -0.25) is 18.5 Å². The van der Waals surface area contributed by atoms with E-state index in [1.54, 1.807) is 91.0 Å². The number of carbonyl (C=O) groups is 1. The van der Waals surface area contributed by atoms with Crippen LogP contribution >= 0.6 is 10.7 Å². The molecule has 0 radical (unpaired) electrons. The molecule has 0 spiro atoms. The molecular weight excluding hydrogens is 794 g/mol. The Balaban J connectivity index is 0.00000122. The molecule has 0 aliphatic carbocycles. The highest BCUT2D eigenvalue weighted by Crippen LogP contribution is 2.49. The molecule has 3 aromatic carbocycles.